The lowest BCUT2D eigenvalue weighted by atomic mass is 9.98. The molecule has 9 heteroatoms. The standard InChI is InChI=1S/C25H25N3O5S/c1-15(23(30)31)12-26-22(29)11-10-16-13-27-24(34-16)28-25(32)33-14-21-19-8-4-2-6-17(19)18-7-3-5-9-20(18)21/h2-9,13,15,21H,10-12,14H2,1H3,(H,26,29)(H,30,31)(H,27,28,32). The number of hydrogen-bond donors (Lipinski definition) is 3. The lowest BCUT2D eigenvalue weighted by Crippen LogP contribution is -2.31. The van der Waals surface area contributed by atoms with E-state index in [0.29, 0.717) is 11.6 Å². The maximum Gasteiger partial charge on any atom is 0.413 e. The lowest BCUT2D eigenvalue weighted by Gasteiger charge is -2.14. The molecular weight excluding hydrogens is 454 g/mol. The number of fused-ring (bicyclic) bond motifs is 3. The van der Waals surface area contributed by atoms with Crippen LogP contribution in [0.3, 0.4) is 0 Å². The molecule has 8 nitrogen and oxygen atoms in total. The van der Waals surface area contributed by atoms with Crippen LogP contribution in [0.25, 0.3) is 11.1 Å². The minimum absolute atomic E-state index is 0.0210. The molecule has 1 aliphatic rings. The van der Waals surface area contributed by atoms with Crippen molar-refractivity contribution in [2.75, 3.05) is 18.5 Å². The smallest absolute Gasteiger partial charge is 0.413 e. The predicted molar refractivity (Wildman–Crippen MR) is 129 cm³/mol. The van der Waals surface area contributed by atoms with Crippen molar-refractivity contribution in [3.63, 3.8) is 0 Å². The third kappa shape index (κ3) is 5.43. The number of anilines is 1. The molecule has 3 N–H and O–H groups in total. The minimum atomic E-state index is -0.952. The summed E-state index contributed by atoms with van der Waals surface area (Å²) < 4.78 is 5.53. The Morgan fingerprint density at radius 2 is 1.74 bits per heavy atom. The number of aromatic nitrogens is 1. The number of aryl methyl sites for hydroxylation is 1. The van der Waals surface area contributed by atoms with Gasteiger partial charge in [-0.25, -0.2) is 9.78 Å². The van der Waals surface area contributed by atoms with E-state index in [1.165, 1.54) is 18.3 Å². The number of aliphatic carboxylic acids is 1. The van der Waals surface area contributed by atoms with Gasteiger partial charge in [-0.3, -0.25) is 14.9 Å². The molecule has 0 saturated carbocycles. The van der Waals surface area contributed by atoms with Gasteiger partial charge in [0.25, 0.3) is 0 Å². The van der Waals surface area contributed by atoms with Gasteiger partial charge in [-0.2, -0.15) is 0 Å². The van der Waals surface area contributed by atoms with Crippen LogP contribution in [-0.4, -0.2) is 41.2 Å². The lowest BCUT2D eigenvalue weighted by molar-refractivity contribution is -0.141. The second-order valence-electron chi connectivity index (χ2n) is 8.13. The van der Waals surface area contributed by atoms with E-state index in [-0.39, 0.29) is 31.4 Å². The molecular formula is C25H25N3O5S. The second-order valence-corrected chi connectivity index (χ2v) is 9.24. The molecule has 0 fully saturated rings. The molecule has 3 aromatic rings. The number of nitrogens with zero attached hydrogens (tertiary/aromatic N) is 1. The molecule has 0 radical (unpaired) electrons. The van der Waals surface area contributed by atoms with Gasteiger partial charge >= 0.3 is 12.1 Å². The monoisotopic (exact) mass is 479 g/mol. The van der Waals surface area contributed by atoms with E-state index in [2.05, 4.69) is 39.9 Å². The number of ether oxygens (including phenoxy) is 1. The van der Waals surface area contributed by atoms with Crippen molar-refractivity contribution in [1.82, 2.24) is 10.3 Å². The summed E-state index contributed by atoms with van der Waals surface area (Å²) in [5.41, 5.74) is 4.62. The normalized spacial score (nSPS) is 13.0. The zero-order valence-electron chi connectivity index (χ0n) is 18.6. The average Bonchev–Trinajstić information content (AvgIpc) is 3.41. The van der Waals surface area contributed by atoms with Crippen LogP contribution in [0, 0.1) is 5.92 Å². The van der Waals surface area contributed by atoms with Crippen molar-refractivity contribution in [2.45, 2.75) is 25.7 Å². The fraction of sp³-hybridized carbons (Fsp3) is 0.280. The van der Waals surface area contributed by atoms with Crippen molar-refractivity contribution in [3.05, 3.63) is 70.7 Å². The van der Waals surface area contributed by atoms with Gasteiger partial charge in [0.1, 0.15) is 6.61 Å². The first kappa shape index (κ1) is 23.4. The molecule has 2 amide bonds. The van der Waals surface area contributed by atoms with Crippen LogP contribution in [0.5, 0.6) is 0 Å². The Hall–Kier alpha value is -3.72. The summed E-state index contributed by atoms with van der Waals surface area (Å²) in [6, 6.07) is 16.3. The van der Waals surface area contributed by atoms with Crippen LogP contribution in [0.2, 0.25) is 0 Å². The number of amides is 2. The van der Waals surface area contributed by atoms with Crippen molar-refractivity contribution >= 4 is 34.4 Å². The van der Waals surface area contributed by atoms with Crippen LogP contribution in [0.4, 0.5) is 9.93 Å². The number of carbonyl (C=O) groups is 3. The molecule has 0 spiro atoms. The Morgan fingerprint density at radius 3 is 2.38 bits per heavy atom. The third-order valence-electron chi connectivity index (χ3n) is 5.73. The summed E-state index contributed by atoms with van der Waals surface area (Å²) in [7, 11) is 0. The molecule has 1 atom stereocenters. The van der Waals surface area contributed by atoms with Crippen LogP contribution >= 0.6 is 11.3 Å². The van der Waals surface area contributed by atoms with Crippen molar-refractivity contribution < 1.29 is 24.2 Å². The number of thiazole rings is 1. The van der Waals surface area contributed by atoms with Crippen LogP contribution < -0.4 is 10.6 Å². The van der Waals surface area contributed by atoms with Gasteiger partial charge in [0.05, 0.1) is 5.92 Å². The van der Waals surface area contributed by atoms with Gasteiger partial charge in [0.2, 0.25) is 5.91 Å². The molecule has 1 heterocycles. The Balaban J connectivity index is 1.26. The van der Waals surface area contributed by atoms with E-state index in [1.807, 2.05) is 24.3 Å². The fourth-order valence-electron chi connectivity index (χ4n) is 3.88. The molecule has 1 unspecified atom stereocenters. The molecule has 0 aliphatic heterocycles. The van der Waals surface area contributed by atoms with E-state index in [9.17, 15) is 14.4 Å². The molecule has 34 heavy (non-hydrogen) atoms. The number of hydrogen-bond acceptors (Lipinski definition) is 6. The number of carboxylic acids is 1. The van der Waals surface area contributed by atoms with Crippen LogP contribution in [0.15, 0.2) is 54.7 Å². The predicted octanol–water partition coefficient (Wildman–Crippen LogP) is 4.27. The van der Waals surface area contributed by atoms with Crippen LogP contribution in [0.1, 0.15) is 35.3 Å². The fourth-order valence-corrected chi connectivity index (χ4v) is 4.68. The molecule has 176 valence electrons. The quantitative estimate of drug-likeness (QED) is 0.422. The molecule has 0 saturated heterocycles. The summed E-state index contributed by atoms with van der Waals surface area (Å²) in [5, 5.41) is 14.5. The third-order valence-corrected chi connectivity index (χ3v) is 6.70. The molecule has 2 aromatic carbocycles. The van der Waals surface area contributed by atoms with Crippen molar-refractivity contribution in [1.29, 1.82) is 0 Å². The van der Waals surface area contributed by atoms with E-state index in [0.717, 1.165) is 27.1 Å². The highest BCUT2D eigenvalue weighted by Crippen LogP contribution is 2.44. The number of carbonyl (C=O) groups excluding carboxylic acids is 2. The Kier molecular flexibility index (Phi) is 7.22. The Labute approximate surface area is 201 Å². The summed E-state index contributed by atoms with van der Waals surface area (Å²) in [5.74, 6) is -1.84. The van der Waals surface area contributed by atoms with Crippen molar-refractivity contribution in [2.24, 2.45) is 5.92 Å². The maximum absolute atomic E-state index is 12.4. The summed E-state index contributed by atoms with van der Waals surface area (Å²) >= 11 is 1.27. The highest BCUT2D eigenvalue weighted by molar-refractivity contribution is 7.15. The highest BCUT2D eigenvalue weighted by atomic mass is 32.1. The zero-order chi connectivity index (χ0) is 24.1. The minimum Gasteiger partial charge on any atom is -0.481 e. The van der Waals surface area contributed by atoms with Gasteiger partial charge in [0, 0.05) is 30.0 Å². The Bertz CT molecular complexity index is 1160. The zero-order valence-corrected chi connectivity index (χ0v) is 19.4. The molecule has 0 bridgehead atoms. The van der Waals surface area contributed by atoms with E-state index >= 15 is 0 Å². The largest absolute Gasteiger partial charge is 0.481 e. The summed E-state index contributed by atoms with van der Waals surface area (Å²) in [6.45, 7) is 1.84. The molecule has 4 rings (SSSR count). The SMILES string of the molecule is CC(CNC(=O)CCc1cnc(NC(=O)OCC2c3ccccc3-c3ccccc32)s1)C(=O)O. The van der Waals surface area contributed by atoms with Gasteiger partial charge < -0.3 is 15.2 Å². The summed E-state index contributed by atoms with van der Waals surface area (Å²) in [6.07, 6.45) is 1.68. The first-order chi connectivity index (χ1) is 16.4. The number of benzene rings is 2. The molecule has 1 aromatic heterocycles. The van der Waals surface area contributed by atoms with E-state index in [1.54, 1.807) is 6.20 Å². The Morgan fingerprint density at radius 1 is 1.09 bits per heavy atom. The van der Waals surface area contributed by atoms with E-state index in [4.69, 9.17) is 9.84 Å². The number of carboxylic acid groups (broad SMARTS) is 1. The van der Waals surface area contributed by atoms with Gasteiger partial charge in [0.15, 0.2) is 5.13 Å². The highest BCUT2D eigenvalue weighted by Gasteiger charge is 2.29. The maximum atomic E-state index is 12.4. The summed E-state index contributed by atoms with van der Waals surface area (Å²) in [4.78, 5) is 40.1. The average molecular weight is 480 g/mol. The van der Waals surface area contributed by atoms with E-state index < -0.39 is 18.0 Å². The molecule has 1 aliphatic carbocycles. The number of rotatable bonds is 9. The van der Waals surface area contributed by atoms with Gasteiger partial charge in [-0.05, 0) is 28.7 Å². The second kappa shape index (κ2) is 10.5. The van der Waals surface area contributed by atoms with Gasteiger partial charge in [-0.1, -0.05) is 55.5 Å². The first-order valence-corrected chi connectivity index (χ1v) is 11.8. The van der Waals surface area contributed by atoms with Gasteiger partial charge in [-0.15, -0.1) is 11.3 Å². The number of nitrogens with one attached hydrogen (secondary N) is 2. The topological polar surface area (TPSA) is 118 Å². The van der Waals surface area contributed by atoms with Crippen molar-refractivity contribution in [3.8, 4) is 11.1 Å². The van der Waals surface area contributed by atoms with Crippen LogP contribution in [-0.2, 0) is 20.7 Å². The first-order valence-electron chi connectivity index (χ1n) is 11.0.